The Morgan fingerprint density at radius 1 is 0.867 bits per heavy atom. The summed E-state index contributed by atoms with van der Waals surface area (Å²) in [6.07, 6.45) is 0.530. The number of fused-ring (bicyclic) bond motifs is 1. The van der Waals surface area contributed by atoms with E-state index in [1.54, 1.807) is 18.2 Å². The van der Waals surface area contributed by atoms with Crippen molar-refractivity contribution < 1.29 is 13.2 Å². The molecule has 0 saturated heterocycles. The highest BCUT2D eigenvalue weighted by molar-refractivity contribution is 7.90. The first-order valence-electron chi connectivity index (χ1n) is 9.41. The molecule has 4 aromatic rings. The van der Waals surface area contributed by atoms with Gasteiger partial charge in [-0.1, -0.05) is 54.6 Å². The third-order valence-corrected chi connectivity index (χ3v) is 6.79. The molecule has 3 aromatic carbocycles. The van der Waals surface area contributed by atoms with E-state index in [4.69, 9.17) is 0 Å². The molecule has 0 aliphatic rings. The van der Waals surface area contributed by atoms with Gasteiger partial charge in [-0.25, -0.2) is 13.1 Å². The molecule has 1 N–H and O–H groups in total. The largest absolute Gasteiger partial charge is 0.274 e. The quantitative estimate of drug-likeness (QED) is 0.470. The van der Waals surface area contributed by atoms with E-state index in [1.165, 1.54) is 12.1 Å². The molecule has 1 unspecified atom stereocenters. The molecule has 8 heteroatoms. The molecular formula is C22H19N3O3S2. The van der Waals surface area contributed by atoms with Gasteiger partial charge in [0.1, 0.15) is 11.0 Å². The Labute approximate surface area is 179 Å². The van der Waals surface area contributed by atoms with Gasteiger partial charge in [0.25, 0.3) is 10.0 Å². The molecule has 30 heavy (non-hydrogen) atoms. The van der Waals surface area contributed by atoms with Crippen LogP contribution in [0.3, 0.4) is 0 Å². The first-order chi connectivity index (χ1) is 14.5. The molecule has 0 saturated carbocycles. The number of aromatic nitrogens is 2. The number of amides is 1. The van der Waals surface area contributed by atoms with Gasteiger partial charge in [-0.2, -0.15) is 8.75 Å². The number of carbonyl (C=O) groups excluding carboxylic acids is 1. The summed E-state index contributed by atoms with van der Waals surface area (Å²) in [4.78, 5) is 12.5. The van der Waals surface area contributed by atoms with Crippen molar-refractivity contribution in [3.8, 4) is 0 Å². The Kier molecular flexibility index (Phi) is 5.87. The molecule has 1 amide bonds. The normalized spacial score (nSPS) is 12.5. The van der Waals surface area contributed by atoms with Crippen LogP contribution >= 0.6 is 11.7 Å². The second-order valence-corrected chi connectivity index (χ2v) is 9.07. The molecule has 6 nitrogen and oxygen atoms in total. The second kappa shape index (κ2) is 8.73. The highest BCUT2D eigenvalue weighted by atomic mass is 32.2. The fourth-order valence-corrected chi connectivity index (χ4v) is 4.91. The van der Waals surface area contributed by atoms with Crippen LogP contribution in [-0.2, 0) is 14.8 Å². The molecule has 0 bridgehead atoms. The zero-order chi connectivity index (χ0) is 21.0. The number of hydrogen-bond donors (Lipinski definition) is 1. The molecule has 1 heterocycles. The van der Waals surface area contributed by atoms with Gasteiger partial charge in [-0.15, -0.1) is 0 Å². The molecule has 0 aliphatic heterocycles. The topological polar surface area (TPSA) is 89.0 Å². The summed E-state index contributed by atoms with van der Waals surface area (Å²) in [5, 5.41) is 0. The van der Waals surface area contributed by atoms with Crippen LogP contribution in [0, 0.1) is 0 Å². The second-order valence-electron chi connectivity index (χ2n) is 6.86. The van der Waals surface area contributed by atoms with Gasteiger partial charge >= 0.3 is 0 Å². The predicted molar refractivity (Wildman–Crippen MR) is 117 cm³/mol. The predicted octanol–water partition coefficient (Wildman–Crippen LogP) is 4.11. The molecule has 4 rings (SSSR count). The highest BCUT2D eigenvalue weighted by Crippen LogP contribution is 2.31. The van der Waals surface area contributed by atoms with E-state index in [0.717, 1.165) is 33.9 Å². The molecule has 1 aromatic heterocycles. The fourth-order valence-electron chi connectivity index (χ4n) is 3.36. The molecule has 0 fully saturated rings. The van der Waals surface area contributed by atoms with E-state index in [9.17, 15) is 13.2 Å². The standard InChI is InChI=1S/C22H19N3O3S2/c26-22(25-30(27,28)18-9-5-2-6-10-18)14-12-19(16-7-3-1-4-8-16)17-11-13-20-21(15-17)24-29-23-20/h1-11,13,15,19H,12,14H2,(H,25,26). The van der Waals surface area contributed by atoms with Crippen molar-refractivity contribution in [1.29, 1.82) is 0 Å². The minimum Gasteiger partial charge on any atom is -0.274 e. The Morgan fingerprint density at radius 2 is 1.53 bits per heavy atom. The van der Waals surface area contributed by atoms with E-state index in [-0.39, 0.29) is 17.2 Å². The summed E-state index contributed by atoms with van der Waals surface area (Å²) < 4.78 is 35.5. The first-order valence-corrected chi connectivity index (χ1v) is 11.6. The summed E-state index contributed by atoms with van der Waals surface area (Å²) >= 11 is 1.16. The highest BCUT2D eigenvalue weighted by Gasteiger charge is 2.20. The molecule has 1 atom stereocenters. The van der Waals surface area contributed by atoms with Gasteiger partial charge in [-0.3, -0.25) is 4.79 Å². The average Bonchev–Trinajstić information content (AvgIpc) is 3.23. The van der Waals surface area contributed by atoms with Crippen LogP contribution in [-0.4, -0.2) is 23.1 Å². The lowest BCUT2D eigenvalue weighted by Crippen LogP contribution is -2.30. The van der Waals surface area contributed by atoms with Crippen LogP contribution in [0.15, 0.2) is 83.8 Å². The molecule has 0 radical (unpaired) electrons. The van der Waals surface area contributed by atoms with Gasteiger partial charge in [0.15, 0.2) is 0 Å². The van der Waals surface area contributed by atoms with Crippen LogP contribution in [0.2, 0.25) is 0 Å². The number of hydrogen-bond acceptors (Lipinski definition) is 6. The molecular weight excluding hydrogens is 418 g/mol. The van der Waals surface area contributed by atoms with E-state index < -0.39 is 15.9 Å². The van der Waals surface area contributed by atoms with Gasteiger partial charge in [0.05, 0.1) is 16.6 Å². The van der Waals surface area contributed by atoms with Gasteiger partial charge in [-0.05, 0) is 41.8 Å². The van der Waals surface area contributed by atoms with Gasteiger partial charge in [0.2, 0.25) is 5.91 Å². The van der Waals surface area contributed by atoms with Crippen molar-refractivity contribution in [2.75, 3.05) is 0 Å². The Bertz CT molecular complexity index is 1260. The maximum atomic E-state index is 12.5. The zero-order valence-electron chi connectivity index (χ0n) is 15.9. The van der Waals surface area contributed by atoms with Crippen molar-refractivity contribution >= 4 is 38.7 Å². The molecule has 152 valence electrons. The number of nitrogens with one attached hydrogen (secondary N) is 1. The lowest BCUT2D eigenvalue weighted by Gasteiger charge is -2.18. The third-order valence-electron chi connectivity index (χ3n) is 4.84. The zero-order valence-corrected chi connectivity index (χ0v) is 17.6. The average molecular weight is 438 g/mol. The van der Waals surface area contributed by atoms with E-state index in [2.05, 4.69) is 13.5 Å². The van der Waals surface area contributed by atoms with Crippen molar-refractivity contribution in [3.05, 3.63) is 90.0 Å². The SMILES string of the molecule is O=C(CCC(c1ccccc1)c1ccc2nsnc2c1)NS(=O)(=O)c1ccccc1. The molecule has 0 spiro atoms. The van der Waals surface area contributed by atoms with Crippen molar-refractivity contribution in [2.45, 2.75) is 23.7 Å². The Hall–Kier alpha value is -3.10. The lowest BCUT2D eigenvalue weighted by atomic mass is 9.87. The van der Waals surface area contributed by atoms with E-state index >= 15 is 0 Å². The van der Waals surface area contributed by atoms with Crippen molar-refractivity contribution in [2.24, 2.45) is 0 Å². The van der Waals surface area contributed by atoms with Crippen LogP contribution < -0.4 is 4.72 Å². The Balaban J connectivity index is 1.53. The van der Waals surface area contributed by atoms with Crippen molar-refractivity contribution in [1.82, 2.24) is 13.5 Å². The summed E-state index contributed by atoms with van der Waals surface area (Å²) in [6.45, 7) is 0. The number of rotatable bonds is 7. The third kappa shape index (κ3) is 4.55. The van der Waals surface area contributed by atoms with Crippen LogP contribution in [0.5, 0.6) is 0 Å². The summed E-state index contributed by atoms with van der Waals surface area (Å²) in [7, 11) is -3.87. The van der Waals surface area contributed by atoms with Gasteiger partial charge < -0.3 is 0 Å². The minimum atomic E-state index is -3.87. The van der Waals surface area contributed by atoms with Crippen LogP contribution in [0.25, 0.3) is 11.0 Å². The number of sulfonamides is 1. The maximum Gasteiger partial charge on any atom is 0.264 e. The van der Waals surface area contributed by atoms with E-state index in [0.29, 0.717) is 6.42 Å². The monoisotopic (exact) mass is 437 g/mol. The first kappa shape index (κ1) is 20.2. The number of carbonyl (C=O) groups is 1. The smallest absolute Gasteiger partial charge is 0.264 e. The summed E-state index contributed by atoms with van der Waals surface area (Å²) in [5.41, 5.74) is 3.72. The van der Waals surface area contributed by atoms with Gasteiger partial charge in [0, 0.05) is 12.3 Å². The summed E-state index contributed by atoms with van der Waals surface area (Å²) in [5.74, 6) is -0.598. The van der Waals surface area contributed by atoms with Crippen LogP contribution in [0.1, 0.15) is 29.9 Å². The fraction of sp³-hybridized carbons (Fsp3) is 0.136. The maximum absolute atomic E-state index is 12.5. The van der Waals surface area contributed by atoms with E-state index in [1.807, 2.05) is 48.5 Å². The number of nitrogens with zero attached hydrogens (tertiary/aromatic N) is 2. The summed E-state index contributed by atoms with van der Waals surface area (Å²) in [6, 6.07) is 23.6. The van der Waals surface area contributed by atoms with Crippen LogP contribution in [0.4, 0.5) is 0 Å². The van der Waals surface area contributed by atoms with Crippen molar-refractivity contribution in [3.63, 3.8) is 0 Å². The molecule has 0 aliphatic carbocycles. The Morgan fingerprint density at radius 3 is 2.27 bits per heavy atom. The number of benzene rings is 3. The lowest BCUT2D eigenvalue weighted by molar-refractivity contribution is -0.119. The minimum absolute atomic E-state index is 0.0671.